The van der Waals surface area contributed by atoms with Crippen LogP contribution in [0.1, 0.15) is 41.9 Å². The van der Waals surface area contributed by atoms with Crippen molar-refractivity contribution in [3.05, 3.63) is 118 Å². The van der Waals surface area contributed by atoms with Gasteiger partial charge in [-0.25, -0.2) is 4.98 Å². The Hall–Kier alpha value is -3.25. The van der Waals surface area contributed by atoms with E-state index in [1.54, 1.807) is 7.11 Å². The zero-order valence-electron chi connectivity index (χ0n) is 22.8. The summed E-state index contributed by atoms with van der Waals surface area (Å²) in [6.45, 7) is 0.970. The Morgan fingerprint density at radius 2 is 1.54 bits per heavy atom. The molecule has 5 rings (SSSR count). The number of ether oxygens (including phenoxy) is 1. The van der Waals surface area contributed by atoms with Crippen LogP contribution >= 0.6 is 15.9 Å². The van der Waals surface area contributed by atoms with Crippen molar-refractivity contribution in [3.8, 4) is 5.88 Å². The molecule has 0 bridgehead atoms. The van der Waals surface area contributed by atoms with Gasteiger partial charge in [-0.1, -0.05) is 82.7 Å². The maximum absolute atomic E-state index is 13.0. The van der Waals surface area contributed by atoms with E-state index in [1.165, 1.54) is 0 Å². The van der Waals surface area contributed by atoms with E-state index in [0.29, 0.717) is 12.3 Å². The smallest absolute Gasteiger partial charge is 0.217 e. The molecule has 0 aliphatic carbocycles. The van der Waals surface area contributed by atoms with E-state index in [1.807, 2.05) is 42.5 Å². The van der Waals surface area contributed by atoms with Gasteiger partial charge in [0.05, 0.1) is 12.6 Å². The maximum atomic E-state index is 13.0. The van der Waals surface area contributed by atoms with Gasteiger partial charge in [0.15, 0.2) is 0 Å². The van der Waals surface area contributed by atoms with Crippen LogP contribution in [0.5, 0.6) is 5.88 Å². The number of rotatable bonds is 10. The summed E-state index contributed by atoms with van der Waals surface area (Å²) < 4.78 is 6.89. The number of fused-ring (bicyclic) bond motifs is 2. The molecule has 39 heavy (non-hydrogen) atoms. The van der Waals surface area contributed by atoms with Crippen LogP contribution in [-0.2, 0) is 5.60 Å². The summed E-state index contributed by atoms with van der Waals surface area (Å²) in [5, 5.41) is 16.3. The Morgan fingerprint density at radius 1 is 0.846 bits per heavy atom. The van der Waals surface area contributed by atoms with Crippen LogP contribution in [0, 0.1) is 0 Å². The normalized spacial score (nSPS) is 14.0. The summed E-state index contributed by atoms with van der Waals surface area (Å²) in [7, 11) is 5.84. The van der Waals surface area contributed by atoms with Crippen LogP contribution in [0.2, 0.25) is 0 Å². The predicted octanol–water partition coefficient (Wildman–Crippen LogP) is 7.91. The third kappa shape index (κ3) is 5.86. The molecule has 0 fully saturated rings. The van der Waals surface area contributed by atoms with Crippen molar-refractivity contribution in [2.75, 3.05) is 27.7 Å². The number of halogens is 1. The molecule has 0 aliphatic heterocycles. The molecule has 200 valence electrons. The van der Waals surface area contributed by atoms with Crippen LogP contribution in [0.4, 0.5) is 0 Å². The Balaban J connectivity index is 1.74. The van der Waals surface area contributed by atoms with Gasteiger partial charge in [0, 0.05) is 21.3 Å². The van der Waals surface area contributed by atoms with E-state index >= 15 is 0 Å². The summed E-state index contributed by atoms with van der Waals surface area (Å²) in [6.07, 6.45) is 2.46. The lowest BCUT2D eigenvalue weighted by Crippen LogP contribution is -2.35. The summed E-state index contributed by atoms with van der Waals surface area (Å²) in [5.74, 6) is 0.132. The highest BCUT2D eigenvalue weighted by Gasteiger charge is 2.42. The minimum Gasteiger partial charge on any atom is -0.481 e. The molecule has 0 radical (unpaired) electrons. The van der Waals surface area contributed by atoms with Gasteiger partial charge in [0.2, 0.25) is 5.88 Å². The molecule has 0 saturated carbocycles. The molecule has 0 saturated heterocycles. The molecule has 2 unspecified atom stereocenters. The van der Waals surface area contributed by atoms with Gasteiger partial charge in [0.1, 0.15) is 5.60 Å². The second kappa shape index (κ2) is 11.9. The maximum Gasteiger partial charge on any atom is 0.217 e. The van der Waals surface area contributed by atoms with Crippen LogP contribution < -0.4 is 4.74 Å². The Morgan fingerprint density at radius 3 is 2.26 bits per heavy atom. The molecule has 1 N–H and O–H groups in total. The SMILES string of the molecule is COc1nc2ccccc2cc1C(c1ccc(Br)cc1)C(O)(CCCCN(C)C)c1ccc2ccccc2c1. The fourth-order valence-electron chi connectivity index (χ4n) is 5.59. The van der Waals surface area contributed by atoms with Gasteiger partial charge in [-0.15, -0.1) is 0 Å². The van der Waals surface area contributed by atoms with E-state index in [2.05, 4.69) is 89.5 Å². The van der Waals surface area contributed by atoms with Gasteiger partial charge < -0.3 is 14.7 Å². The van der Waals surface area contributed by atoms with Crippen molar-refractivity contribution in [1.82, 2.24) is 9.88 Å². The van der Waals surface area contributed by atoms with E-state index in [4.69, 9.17) is 9.72 Å². The summed E-state index contributed by atoms with van der Waals surface area (Å²) in [6, 6.07) is 33.1. The fourth-order valence-corrected chi connectivity index (χ4v) is 5.85. The molecule has 0 aliphatic rings. The van der Waals surface area contributed by atoms with E-state index in [-0.39, 0.29) is 0 Å². The van der Waals surface area contributed by atoms with Crippen molar-refractivity contribution in [1.29, 1.82) is 0 Å². The standard InChI is InChI=1S/C34H35BrN2O2/c1-37(2)21-9-8-20-34(38,28-17-14-24-10-4-5-11-26(24)22-28)32(25-15-18-29(35)19-16-25)30-23-27-12-6-7-13-31(27)36-33(30)39-3/h4-7,10-19,22-23,32,38H,8-9,20-21H2,1-3H3. The molecule has 4 aromatic carbocycles. The van der Waals surface area contributed by atoms with Crippen LogP contribution in [-0.4, -0.2) is 42.7 Å². The minimum absolute atomic E-state index is 0.404. The zero-order chi connectivity index (χ0) is 27.4. The van der Waals surface area contributed by atoms with E-state index in [0.717, 1.165) is 62.2 Å². The molecule has 0 spiro atoms. The van der Waals surface area contributed by atoms with Crippen LogP contribution in [0.25, 0.3) is 21.7 Å². The zero-order valence-corrected chi connectivity index (χ0v) is 24.4. The van der Waals surface area contributed by atoms with Gasteiger partial charge in [-0.2, -0.15) is 0 Å². The van der Waals surface area contributed by atoms with Crippen molar-refractivity contribution < 1.29 is 9.84 Å². The van der Waals surface area contributed by atoms with Crippen molar-refractivity contribution in [2.45, 2.75) is 30.8 Å². The number of unbranched alkanes of at least 4 members (excludes halogenated alkanes) is 1. The number of aliphatic hydroxyl groups is 1. The van der Waals surface area contributed by atoms with E-state index in [9.17, 15) is 5.11 Å². The second-order valence-electron chi connectivity index (χ2n) is 10.5. The molecular weight excluding hydrogens is 548 g/mol. The Kier molecular flexibility index (Phi) is 8.31. The van der Waals surface area contributed by atoms with Crippen molar-refractivity contribution in [2.24, 2.45) is 0 Å². The Bertz CT molecular complexity index is 1570. The van der Waals surface area contributed by atoms with Gasteiger partial charge in [-0.3, -0.25) is 0 Å². The number of para-hydroxylation sites is 1. The highest BCUT2D eigenvalue weighted by molar-refractivity contribution is 9.10. The first-order valence-electron chi connectivity index (χ1n) is 13.4. The molecule has 5 heteroatoms. The average Bonchev–Trinajstić information content (AvgIpc) is 2.95. The number of hydrogen-bond donors (Lipinski definition) is 1. The first-order valence-corrected chi connectivity index (χ1v) is 14.2. The lowest BCUT2D eigenvalue weighted by molar-refractivity contribution is 0.00690. The lowest BCUT2D eigenvalue weighted by atomic mass is 9.71. The van der Waals surface area contributed by atoms with Crippen LogP contribution in [0.3, 0.4) is 0 Å². The fraction of sp³-hybridized carbons (Fsp3) is 0.265. The molecule has 5 aromatic rings. The highest BCUT2D eigenvalue weighted by atomic mass is 79.9. The minimum atomic E-state index is -1.21. The summed E-state index contributed by atoms with van der Waals surface area (Å²) >= 11 is 3.59. The molecule has 0 amide bonds. The summed E-state index contributed by atoms with van der Waals surface area (Å²) in [4.78, 5) is 7.08. The topological polar surface area (TPSA) is 45.6 Å². The summed E-state index contributed by atoms with van der Waals surface area (Å²) in [5.41, 5.74) is 2.45. The number of hydrogen-bond acceptors (Lipinski definition) is 4. The second-order valence-corrected chi connectivity index (χ2v) is 11.4. The largest absolute Gasteiger partial charge is 0.481 e. The molecule has 2 atom stereocenters. The number of benzene rings is 4. The molecule has 1 heterocycles. The number of nitrogens with zero attached hydrogens (tertiary/aromatic N) is 2. The molecular formula is C34H35BrN2O2. The number of methoxy groups -OCH3 is 1. The number of aromatic nitrogens is 1. The number of pyridine rings is 1. The highest BCUT2D eigenvalue weighted by Crippen LogP contribution is 2.48. The van der Waals surface area contributed by atoms with Gasteiger partial charge >= 0.3 is 0 Å². The Labute approximate surface area is 239 Å². The van der Waals surface area contributed by atoms with Crippen LogP contribution in [0.15, 0.2) is 102 Å². The lowest BCUT2D eigenvalue weighted by Gasteiger charge is -2.38. The van der Waals surface area contributed by atoms with E-state index < -0.39 is 11.5 Å². The molecule has 4 nitrogen and oxygen atoms in total. The third-order valence-corrected chi connectivity index (χ3v) is 8.09. The third-order valence-electron chi connectivity index (χ3n) is 7.56. The predicted molar refractivity (Wildman–Crippen MR) is 165 cm³/mol. The monoisotopic (exact) mass is 582 g/mol. The van der Waals surface area contributed by atoms with Crippen molar-refractivity contribution in [3.63, 3.8) is 0 Å². The quantitative estimate of drug-likeness (QED) is 0.170. The molecule has 1 aromatic heterocycles. The van der Waals surface area contributed by atoms with Crippen molar-refractivity contribution >= 4 is 37.6 Å². The first kappa shape index (κ1) is 27.3. The van der Waals surface area contributed by atoms with Gasteiger partial charge in [0.25, 0.3) is 0 Å². The average molecular weight is 584 g/mol. The first-order chi connectivity index (χ1) is 18.9. The van der Waals surface area contributed by atoms with Gasteiger partial charge in [-0.05, 0) is 92.1 Å².